The van der Waals surface area contributed by atoms with Crippen LogP contribution in [-0.2, 0) is 0 Å². The summed E-state index contributed by atoms with van der Waals surface area (Å²) in [6.45, 7) is 40.8. The zero-order valence-electron chi connectivity index (χ0n) is 28.7. The Morgan fingerprint density at radius 2 is 0.816 bits per heavy atom. The van der Waals surface area contributed by atoms with Crippen LogP contribution >= 0.6 is 86.4 Å². The topological polar surface area (TPSA) is 0 Å². The molecule has 0 aromatic carbocycles. The molecule has 0 saturated carbocycles. The fraction of sp³-hybridized carbons (Fsp3) is 1.00. The lowest BCUT2D eigenvalue weighted by molar-refractivity contribution is 0.645. The van der Waals surface area contributed by atoms with Gasteiger partial charge < -0.3 is 0 Å². The van der Waals surface area contributed by atoms with E-state index >= 15 is 0 Å². The third-order valence-corrected chi connectivity index (χ3v) is 18.9. The van der Waals surface area contributed by atoms with Crippen molar-refractivity contribution in [1.29, 1.82) is 0 Å². The first-order valence-electron chi connectivity index (χ1n) is 14.4. The number of hydrogen-bond donors (Lipinski definition) is 0. The van der Waals surface area contributed by atoms with Gasteiger partial charge >= 0.3 is 0 Å². The van der Waals surface area contributed by atoms with Gasteiger partial charge in [-0.15, -0.1) is 0 Å². The van der Waals surface area contributed by atoms with E-state index in [0.29, 0.717) is 4.75 Å². The summed E-state index contributed by atoms with van der Waals surface area (Å²) < 4.78 is 0.397. The molecule has 0 nitrogen and oxygen atoms in total. The molecule has 4 unspecified atom stereocenters. The van der Waals surface area contributed by atoms with Gasteiger partial charge in [0, 0.05) is 36.7 Å². The molecule has 0 heterocycles. The van der Waals surface area contributed by atoms with E-state index in [0.717, 1.165) is 49.9 Å². The standard InChI is InChI=1S/C9H20S2.C8H18S2.C7H16S2.C6H14S2/c1-7(2)8(3)10-11-9(4,5)6;1-6(2)8(5)10-9-7(3)4;1-5-8-9-7(4)6(2)3;1-5(2)6(3)8-7-4/h7-8H,1-6H3;6-8H,1-5H3;6-7H,5H2,1-4H3;5-6H,1-4H3. The van der Waals surface area contributed by atoms with Gasteiger partial charge in [-0.3, -0.25) is 0 Å². The van der Waals surface area contributed by atoms with E-state index in [1.165, 1.54) is 5.75 Å². The minimum Gasteiger partial charge on any atom is -0.0973 e. The maximum absolute atomic E-state index is 2.30. The summed E-state index contributed by atoms with van der Waals surface area (Å²) >= 11 is 0. The van der Waals surface area contributed by atoms with Gasteiger partial charge in [0.25, 0.3) is 0 Å². The monoisotopic (exact) mass is 684 g/mol. The third kappa shape index (κ3) is 40.9. The Morgan fingerprint density at radius 1 is 0.474 bits per heavy atom. The molecule has 38 heavy (non-hydrogen) atoms. The van der Waals surface area contributed by atoms with Gasteiger partial charge in [0.15, 0.2) is 0 Å². The predicted octanol–water partition coefficient (Wildman–Crippen LogP) is 14.5. The van der Waals surface area contributed by atoms with E-state index in [2.05, 4.69) is 131 Å². The van der Waals surface area contributed by atoms with E-state index in [-0.39, 0.29) is 0 Å². The third-order valence-electron chi connectivity index (χ3n) is 5.19. The first-order valence-corrected chi connectivity index (χ1v) is 23.9. The molecule has 0 fully saturated rings. The normalized spacial score (nSPS) is 14.8. The van der Waals surface area contributed by atoms with Gasteiger partial charge in [-0.1, -0.05) is 211 Å². The fourth-order valence-electron chi connectivity index (χ4n) is 1.19. The summed E-state index contributed by atoms with van der Waals surface area (Å²) in [7, 11) is 15.8. The summed E-state index contributed by atoms with van der Waals surface area (Å²) in [5, 5.41) is 3.90. The molecule has 4 atom stereocenters. The highest BCUT2D eigenvalue weighted by atomic mass is 33.1. The SMILES string of the molecule is CC(C)C(C)SSC(C)(C)C.CC(C)SSC(C)C(C)C.CCSSC(C)C(C)C.CSSC(C)C(C)C. The summed E-state index contributed by atoms with van der Waals surface area (Å²) in [6, 6.07) is 0. The van der Waals surface area contributed by atoms with Crippen LogP contribution in [0.25, 0.3) is 0 Å². The molecule has 0 aromatic rings. The van der Waals surface area contributed by atoms with Crippen LogP contribution in [0.1, 0.15) is 125 Å². The molecule has 0 bridgehead atoms. The zero-order valence-corrected chi connectivity index (χ0v) is 35.2. The predicted molar refractivity (Wildman–Crippen MR) is 209 cm³/mol. The van der Waals surface area contributed by atoms with Crippen molar-refractivity contribution in [2.45, 2.75) is 156 Å². The molecule has 0 saturated heterocycles. The highest BCUT2D eigenvalue weighted by molar-refractivity contribution is 8.78. The second-order valence-corrected chi connectivity index (χ2v) is 24.6. The van der Waals surface area contributed by atoms with Gasteiger partial charge in [0.05, 0.1) is 0 Å². The van der Waals surface area contributed by atoms with Crippen LogP contribution in [0.4, 0.5) is 0 Å². The lowest BCUT2D eigenvalue weighted by Crippen LogP contribution is -2.09. The van der Waals surface area contributed by atoms with Crippen molar-refractivity contribution < 1.29 is 0 Å². The highest BCUT2D eigenvalue weighted by Gasteiger charge is 2.15. The van der Waals surface area contributed by atoms with Crippen LogP contribution in [0, 0.1) is 23.7 Å². The minimum absolute atomic E-state index is 0.397. The molecule has 236 valence electrons. The minimum atomic E-state index is 0.397. The molecule has 0 aliphatic heterocycles. The lowest BCUT2D eigenvalue weighted by Gasteiger charge is -2.21. The highest BCUT2D eigenvalue weighted by Crippen LogP contribution is 2.39. The molecule has 0 aromatic heterocycles. The molecule has 0 amide bonds. The van der Waals surface area contributed by atoms with Crippen LogP contribution in [-0.4, -0.2) is 43.0 Å². The Morgan fingerprint density at radius 3 is 1.08 bits per heavy atom. The Kier molecular flexibility index (Phi) is 37.5. The van der Waals surface area contributed by atoms with Crippen molar-refractivity contribution in [3.63, 3.8) is 0 Å². The molecule has 0 rings (SSSR count). The summed E-state index contributed by atoms with van der Waals surface area (Å²) in [5.74, 6) is 4.44. The fourth-order valence-corrected chi connectivity index (χ4v) is 10.7. The van der Waals surface area contributed by atoms with Crippen LogP contribution in [0.3, 0.4) is 0 Å². The largest absolute Gasteiger partial charge is 0.0973 e. The maximum Gasteiger partial charge on any atom is 0.0179 e. The average Bonchev–Trinajstić information content (AvgIpc) is 2.79. The molecule has 0 radical (unpaired) electrons. The molecular formula is C30H68S8. The van der Waals surface area contributed by atoms with E-state index in [9.17, 15) is 0 Å². The second kappa shape index (κ2) is 29.9. The first-order chi connectivity index (χ1) is 17.2. The molecule has 8 heteroatoms. The van der Waals surface area contributed by atoms with Crippen molar-refractivity contribution in [2.75, 3.05) is 12.0 Å². The molecular weight excluding hydrogens is 617 g/mol. The molecule has 0 spiro atoms. The van der Waals surface area contributed by atoms with Crippen LogP contribution in [0.15, 0.2) is 0 Å². The number of hydrogen-bond acceptors (Lipinski definition) is 8. The van der Waals surface area contributed by atoms with Crippen LogP contribution in [0.2, 0.25) is 0 Å². The first kappa shape index (κ1) is 47.7. The van der Waals surface area contributed by atoms with Gasteiger partial charge in [0.1, 0.15) is 0 Å². The number of rotatable bonds is 14. The second-order valence-electron chi connectivity index (χ2n) is 12.1. The summed E-state index contributed by atoms with van der Waals surface area (Å²) in [6.07, 6.45) is 2.13. The van der Waals surface area contributed by atoms with Crippen molar-refractivity contribution in [2.24, 2.45) is 23.7 Å². The van der Waals surface area contributed by atoms with E-state index in [4.69, 9.17) is 0 Å². The van der Waals surface area contributed by atoms with E-state index in [1.54, 1.807) is 0 Å². The summed E-state index contributed by atoms with van der Waals surface area (Å²) in [4.78, 5) is 0. The molecule has 0 aliphatic carbocycles. The smallest absolute Gasteiger partial charge is 0.0179 e. The maximum atomic E-state index is 2.30. The van der Waals surface area contributed by atoms with Crippen molar-refractivity contribution in [3.8, 4) is 0 Å². The van der Waals surface area contributed by atoms with Crippen molar-refractivity contribution >= 4 is 86.4 Å². The van der Waals surface area contributed by atoms with Gasteiger partial charge in [-0.25, -0.2) is 0 Å². The molecule has 0 aliphatic rings. The van der Waals surface area contributed by atoms with Crippen LogP contribution < -0.4 is 0 Å². The van der Waals surface area contributed by atoms with Gasteiger partial charge in [0.2, 0.25) is 0 Å². The van der Waals surface area contributed by atoms with Crippen molar-refractivity contribution in [1.82, 2.24) is 0 Å². The Labute approximate surface area is 275 Å². The Balaban J connectivity index is -0.000000204. The van der Waals surface area contributed by atoms with Crippen molar-refractivity contribution in [3.05, 3.63) is 0 Å². The summed E-state index contributed by atoms with van der Waals surface area (Å²) in [5.41, 5.74) is 0. The van der Waals surface area contributed by atoms with Gasteiger partial charge in [-0.2, -0.15) is 0 Å². The lowest BCUT2D eigenvalue weighted by atomic mass is 10.2. The van der Waals surface area contributed by atoms with E-state index < -0.39 is 0 Å². The quantitative estimate of drug-likeness (QED) is 0.164. The molecule has 0 N–H and O–H groups in total. The average molecular weight is 685 g/mol. The van der Waals surface area contributed by atoms with Crippen LogP contribution in [0.5, 0.6) is 0 Å². The zero-order chi connectivity index (χ0) is 31.1. The van der Waals surface area contributed by atoms with Gasteiger partial charge in [-0.05, 0) is 29.9 Å². The van der Waals surface area contributed by atoms with E-state index in [1.807, 2.05) is 86.4 Å². The Hall–Kier alpha value is 2.80. The Bertz CT molecular complexity index is 462.